The van der Waals surface area contributed by atoms with Crippen LogP contribution in [0.1, 0.15) is 135 Å². The summed E-state index contributed by atoms with van der Waals surface area (Å²) in [6.07, 6.45) is 32.8. The van der Waals surface area contributed by atoms with Crippen LogP contribution in [0.2, 0.25) is 0 Å². The Bertz CT molecular complexity index is 284. The smallest absolute Gasteiger partial charge is 0.0540 e. The third-order valence-electron chi connectivity index (χ3n) is 5.73. The molecular weight excluding hydrogens is 304 g/mol. The molecule has 0 radical (unpaired) electrons. The second-order valence-corrected chi connectivity index (χ2v) is 8.29. The van der Waals surface area contributed by atoms with Crippen molar-refractivity contribution in [1.29, 1.82) is 0 Å². The maximum Gasteiger partial charge on any atom is 0.0540 e. The van der Waals surface area contributed by atoms with Gasteiger partial charge in [0.1, 0.15) is 0 Å². The van der Waals surface area contributed by atoms with Gasteiger partial charge in [0.25, 0.3) is 0 Å². The minimum absolute atomic E-state index is 0.0291. The fraction of sp³-hybridized carbons (Fsp3) is 0.917. The zero-order valence-electron chi connectivity index (χ0n) is 17.0. The summed E-state index contributed by atoms with van der Waals surface area (Å²) in [4.78, 5) is 0. The van der Waals surface area contributed by atoms with E-state index in [2.05, 4.69) is 12.2 Å². The molecule has 1 aliphatic carbocycles. The van der Waals surface area contributed by atoms with Crippen LogP contribution in [0.4, 0.5) is 0 Å². The number of rotatable bonds is 0. The van der Waals surface area contributed by atoms with Gasteiger partial charge < -0.3 is 5.11 Å². The van der Waals surface area contributed by atoms with E-state index in [1.165, 1.54) is 122 Å². The van der Waals surface area contributed by atoms with Gasteiger partial charge in [-0.1, -0.05) is 108 Å². The molecule has 1 unspecified atom stereocenters. The Morgan fingerprint density at radius 3 is 1.04 bits per heavy atom. The van der Waals surface area contributed by atoms with Crippen molar-refractivity contribution in [2.75, 3.05) is 0 Å². The van der Waals surface area contributed by atoms with Crippen molar-refractivity contribution in [1.82, 2.24) is 0 Å². The number of hydrogen-bond donors (Lipinski definition) is 1. The van der Waals surface area contributed by atoms with Gasteiger partial charge in [0, 0.05) is 0 Å². The highest BCUT2D eigenvalue weighted by atomic mass is 16.3. The molecule has 1 rings (SSSR count). The molecule has 0 aromatic carbocycles. The molecule has 1 nitrogen and oxygen atoms in total. The van der Waals surface area contributed by atoms with Crippen molar-refractivity contribution in [3.8, 4) is 0 Å². The molecule has 0 saturated carbocycles. The lowest BCUT2D eigenvalue weighted by Gasteiger charge is -2.10. The fourth-order valence-electron chi connectivity index (χ4n) is 3.96. The highest BCUT2D eigenvalue weighted by molar-refractivity contribution is 4.81. The van der Waals surface area contributed by atoms with Crippen LogP contribution in [-0.2, 0) is 0 Å². The Hall–Kier alpha value is -0.300. The van der Waals surface area contributed by atoms with Crippen LogP contribution >= 0.6 is 0 Å². The number of aliphatic hydroxyl groups is 1. The van der Waals surface area contributed by atoms with Gasteiger partial charge in [-0.2, -0.15) is 0 Å². The second kappa shape index (κ2) is 18.5. The SMILES string of the molecule is OC1CCCCCCCCCC/C=C/CCCCCCCCCCC1. The molecule has 1 aliphatic rings. The molecule has 0 amide bonds. The molecule has 25 heavy (non-hydrogen) atoms. The van der Waals surface area contributed by atoms with Gasteiger partial charge in [0.05, 0.1) is 6.10 Å². The number of hydrogen-bond acceptors (Lipinski definition) is 1. The molecule has 0 aliphatic heterocycles. The minimum atomic E-state index is -0.0291. The van der Waals surface area contributed by atoms with Crippen molar-refractivity contribution in [2.24, 2.45) is 0 Å². The Labute approximate surface area is 158 Å². The van der Waals surface area contributed by atoms with E-state index in [1.54, 1.807) is 0 Å². The lowest BCUT2D eigenvalue weighted by molar-refractivity contribution is 0.147. The molecule has 0 fully saturated rings. The summed E-state index contributed by atoms with van der Waals surface area (Å²) in [5.74, 6) is 0. The first-order valence-electron chi connectivity index (χ1n) is 11.7. The summed E-state index contributed by atoms with van der Waals surface area (Å²) in [5, 5.41) is 10.1. The van der Waals surface area contributed by atoms with Crippen molar-refractivity contribution >= 4 is 0 Å². The van der Waals surface area contributed by atoms with E-state index in [0.29, 0.717) is 0 Å². The predicted octanol–water partition coefficient (Wildman–Crippen LogP) is 8.11. The third-order valence-corrected chi connectivity index (χ3v) is 5.73. The van der Waals surface area contributed by atoms with E-state index in [-0.39, 0.29) is 6.10 Å². The van der Waals surface area contributed by atoms with Gasteiger partial charge in [-0.25, -0.2) is 0 Å². The van der Waals surface area contributed by atoms with Crippen LogP contribution < -0.4 is 0 Å². The molecule has 0 spiro atoms. The van der Waals surface area contributed by atoms with Crippen LogP contribution in [0.5, 0.6) is 0 Å². The molecule has 1 N–H and O–H groups in total. The van der Waals surface area contributed by atoms with Crippen molar-refractivity contribution < 1.29 is 5.11 Å². The molecule has 0 bridgehead atoms. The van der Waals surface area contributed by atoms with Gasteiger partial charge >= 0.3 is 0 Å². The van der Waals surface area contributed by atoms with Crippen molar-refractivity contribution in [3.05, 3.63) is 12.2 Å². The van der Waals surface area contributed by atoms with Crippen LogP contribution in [0.25, 0.3) is 0 Å². The Balaban J connectivity index is 2.11. The highest BCUT2D eigenvalue weighted by Gasteiger charge is 2.03. The molecular formula is C24H46O. The van der Waals surface area contributed by atoms with E-state index >= 15 is 0 Å². The minimum Gasteiger partial charge on any atom is -0.393 e. The summed E-state index contributed by atoms with van der Waals surface area (Å²) in [6, 6.07) is 0. The van der Waals surface area contributed by atoms with E-state index in [0.717, 1.165) is 12.8 Å². The molecule has 1 heteroatoms. The topological polar surface area (TPSA) is 20.2 Å². The Morgan fingerprint density at radius 2 is 0.680 bits per heavy atom. The maximum atomic E-state index is 10.1. The average molecular weight is 351 g/mol. The molecule has 148 valence electrons. The summed E-state index contributed by atoms with van der Waals surface area (Å²) >= 11 is 0. The largest absolute Gasteiger partial charge is 0.393 e. The zero-order chi connectivity index (χ0) is 17.8. The first-order valence-corrected chi connectivity index (χ1v) is 11.7. The second-order valence-electron chi connectivity index (χ2n) is 8.29. The Kier molecular flexibility index (Phi) is 16.8. The molecule has 0 aromatic heterocycles. The number of aliphatic hydroxyl groups excluding tert-OH is 1. The molecule has 0 aromatic rings. The van der Waals surface area contributed by atoms with E-state index in [4.69, 9.17) is 0 Å². The summed E-state index contributed by atoms with van der Waals surface area (Å²) in [5.41, 5.74) is 0. The van der Waals surface area contributed by atoms with Crippen LogP contribution in [-0.4, -0.2) is 11.2 Å². The first-order chi connectivity index (χ1) is 12.4. The fourth-order valence-corrected chi connectivity index (χ4v) is 3.96. The van der Waals surface area contributed by atoms with Crippen LogP contribution in [0.15, 0.2) is 12.2 Å². The zero-order valence-corrected chi connectivity index (χ0v) is 17.0. The summed E-state index contributed by atoms with van der Waals surface area (Å²) in [7, 11) is 0. The van der Waals surface area contributed by atoms with Crippen molar-refractivity contribution in [2.45, 2.75) is 141 Å². The Morgan fingerprint density at radius 1 is 0.400 bits per heavy atom. The average Bonchev–Trinajstić information content (AvgIpc) is 2.61. The van der Waals surface area contributed by atoms with Crippen molar-refractivity contribution in [3.63, 3.8) is 0 Å². The highest BCUT2D eigenvalue weighted by Crippen LogP contribution is 2.16. The van der Waals surface area contributed by atoms with E-state index < -0.39 is 0 Å². The van der Waals surface area contributed by atoms with Crippen LogP contribution in [0.3, 0.4) is 0 Å². The maximum absolute atomic E-state index is 10.1. The normalized spacial score (nSPS) is 27.2. The van der Waals surface area contributed by atoms with Gasteiger partial charge in [-0.3, -0.25) is 0 Å². The third kappa shape index (κ3) is 16.9. The van der Waals surface area contributed by atoms with Gasteiger partial charge in [-0.05, 0) is 38.5 Å². The summed E-state index contributed by atoms with van der Waals surface area (Å²) in [6.45, 7) is 0. The van der Waals surface area contributed by atoms with Crippen LogP contribution in [0, 0.1) is 0 Å². The molecule has 0 saturated heterocycles. The lowest BCUT2D eigenvalue weighted by atomic mass is 10.0. The summed E-state index contributed by atoms with van der Waals surface area (Å²) < 4.78 is 0. The van der Waals surface area contributed by atoms with Gasteiger partial charge in [0.2, 0.25) is 0 Å². The van der Waals surface area contributed by atoms with E-state index in [9.17, 15) is 5.11 Å². The standard InChI is InChI=1S/C24H46O/c25-24-22-20-18-16-14-12-10-8-6-4-2-1-3-5-7-9-11-13-15-17-19-21-23-24/h1-2,24-25H,3-23H2/b2-1+. The first kappa shape index (κ1) is 22.7. The predicted molar refractivity (Wildman–Crippen MR) is 112 cm³/mol. The lowest BCUT2D eigenvalue weighted by Crippen LogP contribution is -2.05. The monoisotopic (exact) mass is 350 g/mol. The van der Waals surface area contributed by atoms with E-state index in [1.807, 2.05) is 0 Å². The van der Waals surface area contributed by atoms with Gasteiger partial charge in [0.15, 0.2) is 0 Å². The molecule has 0 heterocycles. The van der Waals surface area contributed by atoms with Gasteiger partial charge in [-0.15, -0.1) is 0 Å². The molecule has 1 atom stereocenters. The quantitative estimate of drug-likeness (QED) is 0.437. The number of allylic oxidation sites excluding steroid dienone is 2.